The first-order valence-electron chi connectivity index (χ1n) is 6.19. The molecular formula is C14H23ClN2O2. The highest BCUT2D eigenvalue weighted by Crippen LogP contribution is 2.12. The molecule has 1 amide bonds. The SMILES string of the molecule is Cc1cccc(OCCC(=O)N(C)C(C)CN)c1.Cl. The first-order valence-corrected chi connectivity index (χ1v) is 6.19. The van der Waals surface area contributed by atoms with Crippen molar-refractivity contribution in [1.82, 2.24) is 4.90 Å². The van der Waals surface area contributed by atoms with Crippen LogP contribution < -0.4 is 10.5 Å². The van der Waals surface area contributed by atoms with Crippen LogP contribution >= 0.6 is 12.4 Å². The Morgan fingerprint density at radius 2 is 2.16 bits per heavy atom. The first-order chi connectivity index (χ1) is 8.54. The van der Waals surface area contributed by atoms with Gasteiger partial charge in [-0.05, 0) is 31.5 Å². The normalized spacial score (nSPS) is 11.4. The highest BCUT2D eigenvalue weighted by atomic mass is 35.5. The molecule has 0 saturated heterocycles. The van der Waals surface area contributed by atoms with E-state index < -0.39 is 0 Å². The molecule has 0 saturated carbocycles. The van der Waals surface area contributed by atoms with Gasteiger partial charge in [0, 0.05) is 19.6 Å². The van der Waals surface area contributed by atoms with Gasteiger partial charge in [-0.1, -0.05) is 12.1 Å². The van der Waals surface area contributed by atoms with Crippen LogP contribution in [0.2, 0.25) is 0 Å². The maximum Gasteiger partial charge on any atom is 0.226 e. The highest BCUT2D eigenvalue weighted by molar-refractivity contribution is 5.85. The first kappa shape index (κ1) is 17.7. The molecule has 0 spiro atoms. The fourth-order valence-electron chi connectivity index (χ4n) is 1.54. The minimum Gasteiger partial charge on any atom is -0.493 e. The van der Waals surface area contributed by atoms with Gasteiger partial charge in [0.25, 0.3) is 0 Å². The van der Waals surface area contributed by atoms with Crippen LogP contribution in [0.15, 0.2) is 24.3 Å². The molecule has 2 N–H and O–H groups in total. The molecule has 0 bridgehead atoms. The summed E-state index contributed by atoms with van der Waals surface area (Å²) in [5, 5.41) is 0. The third kappa shape index (κ3) is 5.94. The molecule has 0 heterocycles. The van der Waals surface area contributed by atoms with Crippen LogP contribution in [0.1, 0.15) is 18.9 Å². The molecule has 0 aliphatic carbocycles. The summed E-state index contributed by atoms with van der Waals surface area (Å²) >= 11 is 0. The average molecular weight is 287 g/mol. The number of nitrogens with two attached hydrogens (primary N) is 1. The molecule has 0 aliphatic rings. The third-order valence-electron chi connectivity index (χ3n) is 2.97. The summed E-state index contributed by atoms with van der Waals surface area (Å²) in [5.41, 5.74) is 6.67. The fraction of sp³-hybridized carbons (Fsp3) is 0.500. The van der Waals surface area contributed by atoms with Crippen molar-refractivity contribution in [2.24, 2.45) is 5.73 Å². The molecule has 0 aliphatic heterocycles. The van der Waals surface area contributed by atoms with Gasteiger partial charge in [0.15, 0.2) is 0 Å². The molecule has 1 rings (SSSR count). The molecule has 0 fully saturated rings. The van der Waals surface area contributed by atoms with Crippen molar-refractivity contribution in [1.29, 1.82) is 0 Å². The molecule has 108 valence electrons. The molecule has 0 radical (unpaired) electrons. The van der Waals surface area contributed by atoms with E-state index in [0.717, 1.165) is 11.3 Å². The zero-order valence-electron chi connectivity index (χ0n) is 11.8. The number of likely N-dealkylation sites (N-methyl/N-ethyl adjacent to an activating group) is 1. The Hall–Kier alpha value is -1.26. The summed E-state index contributed by atoms with van der Waals surface area (Å²) in [6.07, 6.45) is 0.370. The van der Waals surface area contributed by atoms with Crippen molar-refractivity contribution in [2.75, 3.05) is 20.2 Å². The van der Waals surface area contributed by atoms with Crippen molar-refractivity contribution < 1.29 is 9.53 Å². The van der Waals surface area contributed by atoms with Gasteiger partial charge in [0.05, 0.1) is 13.0 Å². The quantitative estimate of drug-likeness (QED) is 0.870. The Morgan fingerprint density at radius 1 is 1.47 bits per heavy atom. The lowest BCUT2D eigenvalue weighted by molar-refractivity contribution is -0.132. The number of carbonyl (C=O) groups is 1. The number of rotatable bonds is 6. The Balaban J connectivity index is 0.00000324. The summed E-state index contributed by atoms with van der Waals surface area (Å²) in [7, 11) is 1.77. The van der Waals surface area contributed by atoms with Crippen molar-refractivity contribution in [2.45, 2.75) is 26.3 Å². The van der Waals surface area contributed by atoms with Crippen LogP contribution in [0.4, 0.5) is 0 Å². The number of amides is 1. The Morgan fingerprint density at radius 3 is 2.74 bits per heavy atom. The zero-order chi connectivity index (χ0) is 13.5. The zero-order valence-corrected chi connectivity index (χ0v) is 12.6. The number of ether oxygens (including phenoxy) is 1. The number of carbonyl (C=O) groups excluding carboxylic acids is 1. The van der Waals surface area contributed by atoms with Gasteiger partial charge in [-0.25, -0.2) is 0 Å². The Labute approximate surface area is 121 Å². The molecule has 1 aromatic carbocycles. The van der Waals surface area contributed by atoms with Crippen LogP contribution in [-0.4, -0.2) is 37.0 Å². The number of hydrogen-bond acceptors (Lipinski definition) is 3. The summed E-state index contributed by atoms with van der Waals surface area (Å²) in [6.45, 7) is 4.80. The van der Waals surface area contributed by atoms with E-state index in [-0.39, 0.29) is 24.4 Å². The topological polar surface area (TPSA) is 55.6 Å². The second-order valence-corrected chi connectivity index (χ2v) is 4.50. The molecular weight excluding hydrogens is 264 g/mol. The van der Waals surface area contributed by atoms with Crippen molar-refractivity contribution >= 4 is 18.3 Å². The monoisotopic (exact) mass is 286 g/mol. The van der Waals surface area contributed by atoms with Crippen molar-refractivity contribution in [3.63, 3.8) is 0 Å². The lowest BCUT2D eigenvalue weighted by atomic mass is 10.2. The second-order valence-electron chi connectivity index (χ2n) is 4.50. The van der Waals surface area contributed by atoms with Crippen LogP contribution in [0, 0.1) is 6.92 Å². The van der Waals surface area contributed by atoms with Gasteiger partial charge in [0.1, 0.15) is 5.75 Å². The van der Waals surface area contributed by atoms with Gasteiger partial charge < -0.3 is 15.4 Å². The third-order valence-corrected chi connectivity index (χ3v) is 2.97. The van der Waals surface area contributed by atoms with Gasteiger partial charge in [-0.15, -0.1) is 12.4 Å². The maximum absolute atomic E-state index is 11.8. The van der Waals surface area contributed by atoms with E-state index in [1.54, 1.807) is 11.9 Å². The molecule has 1 atom stereocenters. The standard InChI is InChI=1S/C14H22N2O2.ClH/c1-11-5-4-6-13(9-11)18-8-7-14(17)16(3)12(2)10-15;/h4-6,9,12H,7-8,10,15H2,1-3H3;1H. The van der Waals surface area contributed by atoms with E-state index in [4.69, 9.17) is 10.5 Å². The van der Waals surface area contributed by atoms with Crippen LogP contribution in [0.5, 0.6) is 5.75 Å². The average Bonchev–Trinajstić information content (AvgIpc) is 2.36. The van der Waals surface area contributed by atoms with Gasteiger partial charge >= 0.3 is 0 Å². The molecule has 19 heavy (non-hydrogen) atoms. The lowest BCUT2D eigenvalue weighted by Crippen LogP contribution is -2.40. The Kier molecular flexibility index (Phi) is 8.19. The summed E-state index contributed by atoms with van der Waals surface area (Å²) in [5.74, 6) is 0.859. The van der Waals surface area contributed by atoms with E-state index in [1.165, 1.54) is 0 Å². The molecule has 1 unspecified atom stereocenters. The van der Waals surface area contributed by atoms with E-state index in [0.29, 0.717) is 19.6 Å². The number of hydrogen-bond donors (Lipinski definition) is 1. The van der Waals surface area contributed by atoms with Gasteiger partial charge in [-0.2, -0.15) is 0 Å². The molecule has 0 aromatic heterocycles. The predicted molar refractivity (Wildman–Crippen MR) is 79.8 cm³/mol. The van der Waals surface area contributed by atoms with Crippen LogP contribution in [0.3, 0.4) is 0 Å². The van der Waals surface area contributed by atoms with Gasteiger partial charge in [0.2, 0.25) is 5.91 Å². The van der Waals surface area contributed by atoms with E-state index in [9.17, 15) is 4.79 Å². The number of benzene rings is 1. The molecule has 5 heteroatoms. The maximum atomic E-state index is 11.8. The number of aryl methyl sites for hydroxylation is 1. The summed E-state index contributed by atoms with van der Waals surface area (Å²) in [6, 6.07) is 7.86. The molecule has 1 aromatic rings. The minimum atomic E-state index is 0. The van der Waals surface area contributed by atoms with Crippen molar-refractivity contribution in [3.05, 3.63) is 29.8 Å². The fourth-order valence-corrected chi connectivity index (χ4v) is 1.54. The van der Waals surface area contributed by atoms with E-state index in [1.807, 2.05) is 38.1 Å². The lowest BCUT2D eigenvalue weighted by Gasteiger charge is -2.23. The summed E-state index contributed by atoms with van der Waals surface area (Å²) in [4.78, 5) is 13.5. The Bertz CT molecular complexity index is 399. The summed E-state index contributed by atoms with van der Waals surface area (Å²) < 4.78 is 5.54. The van der Waals surface area contributed by atoms with E-state index >= 15 is 0 Å². The van der Waals surface area contributed by atoms with E-state index in [2.05, 4.69) is 0 Å². The second kappa shape index (κ2) is 8.77. The smallest absolute Gasteiger partial charge is 0.226 e. The van der Waals surface area contributed by atoms with Gasteiger partial charge in [-0.3, -0.25) is 4.79 Å². The van der Waals surface area contributed by atoms with Crippen LogP contribution in [-0.2, 0) is 4.79 Å². The minimum absolute atomic E-state index is 0. The predicted octanol–water partition coefficient (Wildman–Crippen LogP) is 1.99. The highest BCUT2D eigenvalue weighted by Gasteiger charge is 2.13. The van der Waals surface area contributed by atoms with Crippen molar-refractivity contribution in [3.8, 4) is 5.75 Å². The molecule has 4 nitrogen and oxygen atoms in total. The number of nitrogens with zero attached hydrogens (tertiary/aromatic N) is 1. The number of halogens is 1. The largest absolute Gasteiger partial charge is 0.493 e. The van der Waals surface area contributed by atoms with Crippen LogP contribution in [0.25, 0.3) is 0 Å².